The number of sulfone groups is 1. The number of alkyl halides is 3. The number of hydroxylamine groups is 1. The van der Waals surface area contributed by atoms with E-state index in [4.69, 9.17) is 4.74 Å². The fraction of sp³-hybridized carbons (Fsp3) is 0.435. The molecule has 34 heavy (non-hydrogen) atoms. The van der Waals surface area contributed by atoms with Gasteiger partial charge in [0.1, 0.15) is 11.5 Å². The number of benzene rings is 2. The average molecular weight is 499 g/mol. The van der Waals surface area contributed by atoms with Gasteiger partial charge >= 0.3 is 6.18 Å². The zero-order valence-electron chi connectivity index (χ0n) is 18.2. The van der Waals surface area contributed by atoms with Crippen molar-refractivity contribution in [2.75, 3.05) is 13.1 Å². The minimum Gasteiger partial charge on any atom is -0.457 e. The molecule has 1 amide bonds. The third-order valence-electron chi connectivity index (χ3n) is 6.97. The van der Waals surface area contributed by atoms with Crippen molar-refractivity contribution in [1.82, 2.24) is 10.8 Å². The van der Waals surface area contributed by atoms with Crippen LogP contribution in [0.15, 0.2) is 53.4 Å². The van der Waals surface area contributed by atoms with Gasteiger partial charge in [0.15, 0.2) is 14.6 Å². The lowest BCUT2D eigenvalue weighted by molar-refractivity contribution is -0.137. The van der Waals surface area contributed by atoms with Crippen molar-refractivity contribution in [1.29, 1.82) is 0 Å². The number of carbonyl (C=O) groups is 1. The summed E-state index contributed by atoms with van der Waals surface area (Å²) in [5.74, 6) is -0.558. The molecule has 0 aromatic heterocycles. The molecule has 1 atom stereocenters. The topological polar surface area (TPSA) is 105 Å². The second-order valence-corrected chi connectivity index (χ2v) is 11.2. The van der Waals surface area contributed by atoms with Crippen LogP contribution in [0.4, 0.5) is 13.2 Å². The summed E-state index contributed by atoms with van der Waals surface area (Å²) in [4.78, 5) is 12.6. The third-order valence-corrected chi connectivity index (χ3v) is 9.42. The first-order valence-electron chi connectivity index (χ1n) is 10.9. The number of carbonyl (C=O) groups excluding carboxylic acids is 1. The highest BCUT2D eigenvalue weighted by Gasteiger charge is 2.60. The Hall–Kier alpha value is -2.63. The molecule has 2 aromatic rings. The molecular formula is C23H25F3N2O5S. The van der Waals surface area contributed by atoms with Crippen molar-refractivity contribution >= 4 is 15.7 Å². The van der Waals surface area contributed by atoms with E-state index >= 15 is 0 Å². The number of rotatable bonds is 5. The van der Waals surface area contributed by atoms with E-state index < -0.39 is 32.2 Å². The maximum atomic E-state index is 13.6. The first-order valence-corrected chi connectivity index (χ1v) is 12.3. The lowest BCUT2D eigenvalue weighted by atomic mass is 9.77. The van der Waals surface area contributed by atoms with Gasteiger partial charge in [0.05, 0.1) is 10.5 Å². The minimum atomic E-state index is -4.46. The van der Waals surface area contributed by atoms with Crippen molar-refractivity contribution < 1.29 is 36.3 Å². The standard InChI is InChI=1S/C23H25F3N2O5S/c24-23(25,26)16-1-3-17(4-2-16)33-18-5-7-19(8-6-18)34(31,32)22(20(29)28-30)10-9-21(15-22)11-13-27-14-12-21/h1-8,27,30H,9-15H2,(H,28,29). The van der Waals surface area contributed by atoms with Gasteiger partial charge in [-0.1, -0.05) is 0 Å². The Bertz CT molecular complexity index is 1140. The molecule has 1 aliphatic carbocycles. The van der Waals surface area contributed by atoms with Crippen LogP contribution in [0.5, 0.6) is 11.5 Å². The van der Waals surface area contributed by atoms with Crippen LogP contribution in [-0.2, 0) is 20.8 Å². The van der Waals surface area contributed by atoms with Crippen LogP contribution in [-0.4, -0.2) is 37.4 Å². The second kappa shape index (κ2) is 8.86. The molecule has 0 bridgehead atoms. The van der Waals surface area contributed by atoms with Crippen LogP contribution < -0.4 is 15.5 Å². The summed E-state index contributed by atoms with van der Waals surface area (Å²) in [6.45, 7) is 1.49. The van der Waals surface area contributed by atoms with Gasteiger partial charge in [-0.3, -0.25) is 10.0 Å². The molecule has 1 saturated heterocycles. The lowest BCUT2D eigenvalue weighted by Gasteiger charge is -2.36. The normalized spacial score (nSPS) is 22.5. The molecule has 1 heterocycles. The van der Waals surface area contributed by atoms with Crippen LogP contribution in [0.2, 0.25) is 0 Å². The van der Waals surface area contributed by atoms with Crippen molar-refractivity contribution in [3.05, 3.63) is 54.1 Å². The summed E-state index contributed by atoms with van der Waals surface area (Å²) in [6, 6.07) is 9.48. The van der Waals surface area contributed by atoms with Gasteiger partial charge in [-0.2, -0.15) is 13.2 Å². The van der Waals surface area contributed by atoms with E-state index in [0.717, 1.165) is 38.1 Å². The van der Waals surface area contributed by atoms with Crippen molar-refractivity contribution in [2.24, 2.45) is 5.41 Å². The molecule has 2 aliphatic rings. The van der Waals surface area contributed by atoms with Gasteiger partial charge in [0, 0.05) is 0 Å². The Kier molecular flexibility index (Phi) is 6.38. The number of halogens is 3. The van der Waals surface area contributed by atoms with Crippen LogP contribution >= 0.6 is 0 Å². The Labute approximate surface area is 195 Å². The van der Waals surface area contributed by atoms with E-state index in [1.807, 2.05) is 0 Å². The Morgan fingerprint density at radius 2 is 1.50 bits per heavy atom. The Morgan fingerprint density at radius 1 is 0.941 bits per heavy atom. The maximum Gasteiger partial charge on any atom is 0.416 e. The first kappa shape index (κ1) is 24.5. The van der Waals surface area contributed by atoms with Crippen molar-refractivity contribution in [3.63, 3.8) is 0 Å². The highest BCUT2D eigenvalue weighted by atomic mass is 32.2. The molecule has 3 N–H and O–H groups in total. The third kappa shape index (κ3) is 4.39. The van der Waals surface area contributed by atoms with E-state index in [1.54, 1.807) is 5.48 Å². The molecule has 2 fully saturated rings. The molecule has 11 heteroatoms. The average Bonchev–Trinajstić information content (AvgIpc) is 3.19. The van der Waals surface area contributed by atoms with Gasteiger partial charge in [0.2, 0.25) is 0 Å². The minimum absolute atomic E-state index is 0.0955. The Morgan fingerprint density at radius 3 is 2.03 bits per heavy atom. The molecule has 4 rings (SSSR count). The SMILES string of the molecule is O=C(NO)C1(S(=O)(=O)c2ccc(Oc3ccc(C(F)(F)F)cc3)cc2)CCC2(CCNCC2)C1. The molecule has 7 nitrogen and oxygen atoms in total. The fourth-order valence-electron chi connectivity index (χ4n) is 5.04. The van der Waals surface area contributed by atoms with E-state index in [-0.39, 0.29) is 34.7 Å². The molecule has 1 saturated carbocycles. The lowest BCUT2D eigenvalue weighted by Crippen LogP contribution is -2.51. The number of nitrogens with one attached hydrogen (secondary N) is 2. The fourth-order valence-corrected chi connectivity index (χ4v) is 7.14. The Balaban J connectivity index is 1.57. The quantitative estimate of drug-likeness (QED) is 0.424. The van der Waals surface area contributed by atoms with Gasteiger partial charge in [-0.05, 0) is 99.1 Å². The van der Waals surface area contributed by atoms with Crippen molar-refractivity contribution in [2.45, 2.75) is 47.9 Å². The zero-order chi connectivity index (χ0) is 24.6. The predicted octanol–water partition coefficient (Wildman–Crippen LogP) is 4.07. The monoisotopic (exact) mass is 498 g/mol. The van der Waals surface area contributed by atoms with Gasteiger partial charge in [-0.15, -0.1) is 0 Å². The van der Waals surface area contributed by atoms with E-state index in [0.29, 0.717) is 6.42 Å². The van der Waals surface area contributed by atoms with Crippen LogP contribution in [0, 0.1) is 5.41 Å². The highest BCUT2D eigenvalue weighted by molar-refractivity contribution is 7.93. The highest BCUT2D eigenvalue weighted by Crippen LogP contribution is 2.54. The van der Waals surface area contributed by atoms with Crippen molar-refractivity contribution in [3.8, 4) is 11.5 Å². The number of hydrogen-bond acceptors (Lipinski definition) is 6. The molecule has 0 radical (unpaired) electrons. The van der Waals surface area contributed by atoms with Gasteiger partial charge < -0.3 is 10.1 Å². The molecule has 2 aromatic carbocycles. The summed E-state index contributed by atoms with van der Waals surface area (Å²) in [7, 11) is -4.17. The second-order valence-electron chi connectivity index (χ2n) is 8.96. The number of piperidine rings is 1. The molecule has 1 spiro atoms. The molecule has 1 unspecified atom stereocenters. The molecular weight excluding hydrogens is 473 g/mol. The summed E-state index contributed by atoms with van der Waals surface area (Å²) in [5, 5.41) is 12.6. The number of ether oxygens (including phenoxy) is 1. The smallest absolute Gasteiger partial charge is 0.416 e. The molecule has 184 valence electrons. The maximum absolute atomic E-state index is 13.6. The van der Waals surface area contributed by atoms with Gasteiger partial charge in [0.25, 0.3) is 5.91 Å². The van der Waals surface area contributed by atoms with Gasteiger partial charge in [-0.25, -0.2) is 13.9 Å². The summed E-state index contributed by atoms with van der Waals surface area (Å²) in [5.41, 5.74) is 0.476. The summed E-state index contributed by atoms with van der Waals surface area (Å²) in [6.07, 6.45) is -2.16. The first-order chi connectivity index (χ1) is 16.0. The van der Waals surface area contributed by atoms with Crippen LogP contribution in [0.25, 0.3) is 0 Å². The molecule has 1 aliphatic heterocycles. The summed E-state index contributed by atoms with van der Waals surface area (Å²) >= 11 is 0. The zero-order valence-corrected chi connectivity index (χ0v) is 19.0. The largest absolute Gasteiger partial charge is 0.457 e. The number of hydrogen-bond donors (Lipinski definition) is 3. The summed E-state index contributed by atoms with van der Waals surface area (Å²) < 4.78 is 69.2. The number of amides is 1. The van der Waals surface area contributed by atoms with Crippen LogP contribution in [0.3, 0.4) is 0 Å². The van der Waals surface area contributed by atoms with Crippen LogP contribution in [0.1, 0.15) is 37.7 Å². The van der Waals surface area contributed by atoms with E-state index in [1.165, 1.54) is 36.4 Å². The van der Waals surface area contributed by atoms with E-state index in [2.05, 4.69) is 5.32 Å². The predicted molar refractivity (Wildman–Crippen MR) is 116 cm³/mol. The van der Waals surface area contributed by atoms with E-state index in [9.17, 15) is 31.6 Å².